The highest BCUT2D eigenvalue weighted by atomic mass is 14.7. The quantitative estimate of drug-likeness (QED) is 0.470. The van der Waals surface area contributed by atoms with Gasteiger partial charge in [-0.3, -0.25) is 0 Å². The number of para-hydroxylation sites is 1. The molecule has 0 N–H and O–H groups in total. The van der Waals surface area contributed by atoms with Crippen LogP contribution in [0.4, 0.5) is 5.69 Å². The zero-order chi connectivity index (χ0) is 15.0. The SMILES string of the molecule is C(#Cc1ccccc1)C(=Nc1ccccc1)c1ccccc1. The van der Waals surface area contributed by atoms with E-state index in [1.807, 2.05) is 91.0 Å². The van der Waals surface area contributed by atoms with E-state index in [9.17, 15) is 0 Å². The molecule has 3 aromatic rings. The van der Waals surface area contributed by atoms with Crippen LogP contribution in [-0.4, -0.2) is 5.71 Å². The molecule has 0 aliphatic carbocycles. The lowest BCUT2D eigenvalue weighted by atomic mass is 10.1. The summed E-state index contributed by atoms with van der Waals surface area (Å²) in [4.78, 5) is 4.69. The van der Waals surface area contributed by atoms with E-state index < -0.39 is 0 Å². The van der Waals surface area contributed by atoms with Crippen LogP contribution in [0.3, 0.4) is 0 Å². The summed E-state index contributed by atoms with van der Waals surface area (Å²) in [6, 6.07) is 29.9. The topological polar surface area (TPSA) is 12.4 Å². The maximum absolute atomic E-state index is 4.69. The second kappa shape index (κ2) is 7.06. The van der Waals surface area contributed by atoms with Gasteiger partial charge in [-0.05, 0) is 30.2 Å². The third kappa shape index (κ3) is 3.71. The maximum Gasteiger partial charge on any atom is 0.121 e. The van der Waals surface area contributed by atoms with Gasteiger partial charge in [0.25, 0.3) is 0 Å². The molecule has 0 saturated carbocycles. The molecular weight excluding hydrogens is 266 g/mol. The molecule has 0 aliphatic rings. The number of hydrogen-bond acceptors (Lipinski definition) is 1. The van der Waals surface area contributed by atoms with Gasteiger partial charge in [0.15, 0.2) is 0 Å². The minimum atomic E-state index is 0.774. The molecule has 1 nitrogen and oxygen atoms in total. The van der Waals surface area contributed by atoms with Gasteiger partial charge in [0.05, 0.1) is 5.69 Å². The van der Waals surface area contributed by atoms with Crippen LogP contribution in [-0.2, 0) is 0 Å². The average molecular weight is 281 g/mol. The summed E-state index contributed by atoms with van der Waals surface area (Å²) in [6.45, 7) is 0. The van der Waals surface area contributed by atoms with Gasteiger partial charge >= 0.3 is 0 Å². The van der Waals surface area contributed by atoms with E-state index in [-0.39, 0.29) is 0 Å². The highest BCUT2D eigenvalue weighted by molar-refractivity contribution is 6.14. The van der Waals surface area contributed by atoms with Gasteiger partial charge in [0, 0.05) is 11.1 Å². The monoisotopic (exact) mass is 281 g/mol. The molecule has 0 bridgehead atoms. The van der Waals surface area contributed by atoms with Crippen LogP contribution in [0.15, 0.2) is 96.0 Å². The highest BCUT2D eigenvalue weighted by Gasteiger charge is 2.00. The van der Waals surface area contributed by atoms with Crippen LogP contribution in [0.2, 0.25) is 0 Å². The summed E-state index contributed by atoms with van der Waals surface area (Å²) in [5, 5.41) is 0. The summed E-state index contributed by atoms with van der Waals surface area (Å²) < 4.78 is 0. The van der Waals surface area contributed by atoms with Crippen molar-refractivity contribution < 1.29 is 0 Å². The van der Waals surface area contributed by atoms with Crippen molar-refractivity contribution in [1.29, 1.82) is 0 Å². The van der Waals surface area contributed by atoms with E-state index in [4.69, 9.17) is 0 Å². The first-order chi connectivity index (χ1) is 10.9. The third-order valence-electron chi connectivity index (χ3n) is 3.14. The Hall–Kier alpha value is -3.11. The summed E-state index contributed by atoms with van der Waals surface area (Å²) in [7, 11) is 0. The number of nitrogens with zero attached hydrogens (tertiary/aromatic N) is 1. The van der Waals surface area contributed by atoms with Crippen LogP contribution in [0.1, 0.15) is 11.1 Å². The first kappa shape index (κ1) is 13.9. The first-order valence-corrected chi connectivity index (χ1v) is 7.18. The number of hydrogen-bond donors (Lipinski definition) is 0. The van der Waals surface area contributed by atoms with Crippen LogP contribution in [0.5, 0.6) is 0 Å². The lowest BCUT2D eigenvalue weighted by Crippen LogP contribution is -1.96. The van der Waals surface area contributed by atoms with Crippen molar-refractivity contribution in [3.8, 4) is 11.8 Å². The van der Waals surface area contributed by atoms with Crippen molar-refractivity contribution >= 4 is 11.4 Å². The Labute approximate surface area is 131 Å². The summed E-state index contributed by atoms with van der Waals surface area (Å²) in [6.07, 6.45) is 0. The Morgan fingerprint density at radius 2 is 1.18 bits per heavy atom. The molecule has 22 heavy (non-hydrogen) atoms. The van der Waals surface area contributed by atoms with E-state index in [0.717, 1.165) is 22.5 Å². The normalized spacial score (nSPS) is 10.6. The van der Waals surface area contributed by atoms with Crippen LogP contribution in [0.25, 0.3) is 0 Å². The van der Waals surface area contributed by atoms with E-state index in [1.54, 1.807) is 0 Å². The fraction of sp³-hybridized carbons (Fsp3) is 0. The molecule has 0 radical (unpaired) electrons. The fourth-order valence-electron chi connectivity index (χ4n) is 2.05. The van der Waals surface area contributed by atoms with Crippen LogP contribution in [0, 0.1) is 11.8 Å². The lowest BCUT2D eigenvalue weighted by molar-refractivity contribution is 1.51. The molecule has 3 aromatic carbocycles. The molecule has 0 fully saturated rings. The molecule has 0 atom stereocenters. The van der Waals surface area contributed by atoms with Gasteiger partial charge in [-0.1, -0.05) is 72.7 Å². The third-order valence-corrected chi connectivity index (χ3v) is 3.14. The van der Waals surface area contributed by atoms with Crippen molar-refractivity contribution in [3.05, 3.63) is 102 Å². The maximum atomic E-state index is 4.69. The number of rotatable bonds is 2. The molecule has 104 valence electrons. The van der Waals surface area contributed by atoms with Crippen molar-refractivity contribution in [3.63, 3.8) is 0 Å². The molecule has 1 heteroatoms. The number of aliphatic imine (C=N–C) groups is 1. The predicted octanol–water partition coefficient (Wildman–Crippen LogP) is 4.86. The van der Waals surface area contributed by atoms with Crippen molar-refractivity contribution in [1.82, 2.24) is 0 Å². The zero-order valence-corrected chi connectivity index (χ0v) is 12.1. The largest absolute Gasteiger partial charge is 0.239 e. The Kier molecular flexibility index (Phi) is 4.44. The fourth-order valence-corrected chi connectivity index (χ4v) is 2.05. The molecule has 0 heterocycles. The number of benzene rings is 3. The first-order valence-electron chi connectivity index (χ1n) is 7.18. The van der Waals surface area contributed by atoms with Gasteiger partial charge in [-0.25, -0.2) is 4.99 Å². The molecule has 3 rings (SSSR count). The zero-order valence-electron chi connectivity index (χ0n) is 12.1. The standard InChI is InChI=1S/C21H15N/c1-4-10-18(11-5-1)16-17-21(19-12-6-2-7-13-19)22-20-14-8-3-9-15-20/h1-15H. The second-order valence-corrected chi connectivity index (χ2v) is 4.78. The minimum absolute atomic E-state index is 0.774. The van der Waals surface area contributed by atoms with E-state index in [0.29, 0.717) is 0 Å². The Balaban J connectivity index is 2.01. The van der Waals surface area contributed by atoms with Crippen molar-refractivity contribution in [2.45, 2.75) is 0 Å². The Bertz CT molecular complexity index is 807. The van der Waals surface area contributed by atoms with E-state index in [2.05, 4.69) is 16.8 Å². The van der Waals surface area contributed by atoms with Gasteiger partial charge in [0.1, 0.15) is 5.71 Å². The van der Waals surface area contributed by atoms with Gasteiger partial charge in [-0.15, -0.1) is 0 Å². The average Bonchev–Trinajstić information content (AvgIpc) is 2.61. The van der Waals surface area contributed by atoms with Gasteiger partial charge in [-0.2, -0.15) is 0 Å². The van der Waals surface area contributed by atoms with Crippen molar-refractivity contribution in [2.75, 3.05) is 0 Å². The highest BCUT2D eigenvalue weighted by Crippen LogP contribution is 2.13. The van der Waals surface area contributed by atoms with Gasteiger partial charge in [0.2, 0.25) is 0 Å². The predicted molar refractivity (Wildman–Crippen MR) is 92.4 cm³/mol. The molecule has 0 amide bonds. The van der Waals surface area contributed by atoms with Crippen LogP contribution >= 0.6 is 0 Å². The van der Waals surface area contributed by atoms with Crippen LogP contribution < -0.4 is 0 Å². The summed E-state index contributed by atoms with van der Waals surface area (Å²) in [5.74, 6) is 6.38. The Morgan fingerprint density at radius 3 is 1.82 bits per heavy atom. The molecule has 0 unspecified atom stereocenters. The molecule has 0 aromatic heterocycles. The molecule has 0 saturated heterocycles. The smallest absolute Gasteiger partial charge is 0.121 e. The lowest BCUT2D eigenvalue weighted by Gasteiger charge is -2.00. The van der Waals surface area contributed by atoms with E-state index in [1.165, 1.54) is 0 Å². The summed E-state index contributed by atoms with van der Waals surface area (Å²) >= 11 is 0. The minimum Gasteiger partial charge on any atom is -0.239 e. The summed E-state index contributed by atoms with van der Waals surface area (Å²) in [5.41, 5.74) is 3.69. The van der Waals surface area contributed by atoms with Gasteiger partial charge < -0.3 is 0 Å². The second-order valence-electron chi connectivity index (χ2n) is 4.78. The molecule has 0 aliphatic heterocycles. The molecular formula is C21H15N. The van der Waals surface area contributed by atoms with E-state index >= 15 is 0 Å². The molecule has 0 spiro atoms. The van der Waals surface area contributed by atoms with Crippen molar-refractivity contribution in [2.24, 2.45) is 4.99 Å². The Morgan fingerprint density at radius 1 is 0.636 bits per heavy atom.